The number of nitrogens with zero attached hydrogens (tertiary/aromatic N) is 1. The van der Waals surface area contributed by atoms with Gasteiger partial charge in [-0.3, -0.25) is 0 Å². The van der Waals surface area contributed by atoms with Crippen LogP contribution in [0.1, 0.15) is 24.8 Å². The van der Waals surface area contributed by atoms with Crippen LogP contribution < -0.4 is 10.6 Å². The summed E-state index contributed by atoms with van der Waals surface area (Å²) in [5.41, 5.74) is 0.838. The summed E-state index contributed by atoms with van der Waals surface area (Å²) in [6, 6.07) is 6.73. The lowest BCUT2D eigenvalue weighted by Gasteiger charge is -2.18. The summed E-state index contributed by atoms with van der Waals surface area (Å²) in [4.78, 5) is 0. The Kier molecular flexibility index (Phi) is 3.94. The molecule has 1 aliphatic heterocycles. The van der Waals surface area contributed by atoms with Crippen molar-refractivity contribution in [2.24, 2.45) is 0 Å². The summed E-state index contributed by atoms with van der Waals surface area (Å²) < 4.78 is 13.7. The molecule has 1 aromatic carbocycles. The van der Waals surface area contributed by atoms with Crippen molar-refractivity contribution in [3.8, 4) is 6.07 Å². The second-order valence-corrected chi connectivity index (χ2v) is 4.35. The van der Waals surface area contributed by atoms with E-state index in [1.54, 1.807) is 12.1 Å². The van der Waals surface area contributed by atoms with Crippen molar-refractivity contribution in [1.82, 2.24) is 5.32 Å². The SMILES string of the molecule is N#Cc1ccc(NC2CCCCNC2)c(F)c1. The van der Waals surface area contributed by atoms with Gasteiger partial charge in [-0.1, -0.05) is 6.42 Å². The first-order valence-electron chi connectivity index (χ1n) is 5.96. The van der Waals surface area contributed by atoms with Gasteiger partial charge in [-0.05, 0) is 37.6 Å². The molecule has 3 nitrogen and oxygen atoms in total. The highest BCUT2D eigenvalue weighted by Crippen LogP contribution is 2.18. The van der Waals surface area contributed by atoms with Crippen LogP contribution in [-0.4, -0.2) is 19.1 Å². The summed E-state index contributed by atoms with van der Waals surface area (Å²) >= 11 is 0. The molecular formula is C13H16FN3. The van der Waals surface area contributed by atoms with E-state index in [4.69, 9.17) is 5.26 Å². The van der Waals surface area contributed by atoms with Gasteiger partial charge in [0.2, 0.25) is 0 Å². The molecule has 1 fully saturated rings. The van der Waals surface area contributed by atoms with Crippen LogP contribution in [0, 0.1) is 17.1 Å². The number of hydrogen-bond donors (Lipinski definition) is 2. The van der Waals surface area contributed by atoms with Gasteiger partial charge in [0.25, 0.3) is 0 Å². The van der Waals surface area contributed by atoms with Crippen LogP contribution in [0.25, 0.3) is 0 Å². The van der Waals surface area contributed by atoms with E-state index in [9.17, 15) is 4.39 Å². The van der Waals surface area contributed by atoms with Crippen LogP contribution >= 0.6 is 0 Å². The quantitative estimate of drug-likeness (QED) is 0.823. The summed E-state index contributed by atoms with van der Waals surface area (Å²) in [7, 11) is 0. The molecule has 90 valence electrons. The fraction of sp³-hybridized carbons (Fsp3) is 0.462. The van der Waals surface area contributed by atoms with E-state index in [-0.39, 0.29) is 11.9 Å². The molecule has 1 saturated heterocycles. The summed E-state index contributed by atoms with van der Waals surface area (Å²) in [5.74, 6) is -0.353. The van der Waals surface area contributed by atoms with Crippen LogP contribution in [-0.2, 0) is 0 Å². The second kappa shape index (κ2) is 5.65. The predicted molar refractivity (Wildman–Crippen MR) is 65.2 cm³/mol. The molecule has 2 N–H and O–H groups in total. The molecule has 2 rings (SSSR count). The Labute approximate surface area is 101 Å². The fourth-order valence-electron chi connectivity index (χ4n) is 2.06. The van der Waals surface area contributed by atoms with Gasteiger partial charge in [0.05, 0.1) is 17.3 Å². The van der Waals surface area contributed by atoms with Crippen LogP contribution in [0.3, 0.4) is 0 Å². The zero-order valence-electron chi connectivity index (χ0n) is 9.67. The van der Waals surface area contributed by atoms with Gasteiger partial charge in [0.15, 0.2) is 0 Å². The lowest BCUT2D eigenvalue weighted by Crippen LogP contribution is -2.31. The van der Waals surface area contributed by atoms with Crippen molar-refractivity contribution < 1.29 is 4.39 Å². The topological polar surface area (TPSA) is 47.9 Å². The predicted octanol–water partition coefficient (Wildman–Crippen LogP) is 2.25. The molecule has 4 heteroatoms. The first-order chi connectivity index (χ1) is 8.29. The summed E-state index contributed by atoms with van der Waals surface area (Å²) in [6.45, 7) is 1.90. The molecular weight excluding hydrogens is 217 g/mol. The lowest BCUT2D eigenvalue weighted by atomic mass is 10.1. The molecule has 1 aliphatic rings. The monoisotopic (exact) mass is 233 g/mol. The summed E-state index contributed by atoms with van der Waals surface area (Å²) in [6.07, 6.45) is 3.38. The number of rotatable bonds is 2. The molecule has 0 spiro atoms. The molecule has 1 unspecified atom stereocenters. The number of anilines is 1. The van der Waals surface area contributed by atoms with Crippen LogP contribution in [0.5, 0.6) is 0 Å². The molecule has 17 heavy (non-hydrogen) atoms. The Morgan fingerprint density at radius 2 is 2.29 bits per heavy atom. The van der Waals surface area contributed by atoms with E-state index >= 15 is 0 Å². The van der Waals surface area contributed by atoms with Gasteiger partial charge in [-0.25, -0.2) is 4.39 Å². The average molecular weight is 233 g/mol. The first-order valence-corrected chi connectivity index (χ1v) is 5.96. The third kappa shape index (κ3) is 3.18. The number of benzene rings is 1. The average Bonchev–Trinajstić information content (AvgIpc) is 2.60. The smallest absolute Gasteiger partial charge is 0.147 e. The molecule has 0 amide bonds. The molecule has 1 aromatic rings. The van der Waals surface area contributed by atoms with Crippen LogP contribution in [0.15, 0.2) is 18.2 Å². The minimum atomic E-state index is -0.353. The zero-order valence-corrected chi connectivity index (χ0v) is 9.67. The van der Waals surface area contributed by atoms with E-state index in [0.29, 0.717) is 11.3 Å². The second-order valence-electron chi connectivity index (χ2n) is 4.35. The van der Waals surface area contributed by atoms with Crippen molar-refractivity contribution in [3.63, 3.8) is 0 Å². The van der Waals surface area contributed by atoms with Gasteiger partial charge in [-0.15, -0.1) is 0 Å². The number of halogens is 1. The van der Waals surface area contributed by atoms with E-state index < -0.39 is 0 Å². The Hall–Kier alpha value is -1.60. The highest BCUT2D eigenvalue weighted by Gasteiger charge is 2.13. The van der Waals surface area contributed by atoms with Gasteiger partial charge < -0.3 is 10.6 Å². The number of nitriles is 1. The van der Waals surface area contributed by atoms with Crippen molar-refractivity contribution >= 4 is 5.69 Å². The zero-order chi connectivity index (χ0) is 12.1. The minimum Gasteiger partial charge on any atom is -0.379 e. The van der Waals surface area contributed by atoms with Crippen molar-refractivity contribution in [2.75, 3.05) is 18.4 Å². The minimum absolute atomic E-state index is 0.264. The first kappa shape index (κ1) is 11.9. The maximum Gasteiger partial charge on any atom is 0.147 e. The van der Waals surface area contributed by atoms with Gasteiger partial charge in [0, 0.05) is 12.6 Å². The lowest BCUT2D eigenvalue weighted by molar-refractivity contribution is 0.606. The molecule has 0 bridgehead atoms. The molecule has 0 saturated carbocycles. The van der Waals surface area contributed by atoms with E-state index in [2.05, 4.69) is 10.6 Å². The molecule has 0 aromatic heterocycles. The van der Waals surface area contributed by atoms with E-state index in [1.807, 2.05) is 6.07 Å². The third-order valence-corrected chi connectivity index (χ3v) is 3.00. The van der Waals surface area contributed by atoms with Crippen LogP contribution in [0.4, 0.5) is 10.1 Å². The third-order valence-electron chi connectivity index (χ3n) is 3.00. The number of hydrogen-bond acceptors (Lipinski definition) is 3. The largest absolute Gasteiger partial charge is 0.379 e. The van der Waals surface area contributed by atoms with Crippen molar-refractivity contribution in [1.29, 1.82) is 5.26 Å². The van der Waals surface area contributed by atoms with Crippen LogP contribution in [0.2, 0.25) is 0 Å². The Balaban J connectivity index is 2.05. The van der Waals surface area contributed by atoms with E-state index in [0.717, 1.165) is 25.9 Å². The van der Waals surface area contributed by atoms with Gasteiger partial charge >= 0.3 is 0 Å². The van der Waals surface area contributed by atoms with Crippen molar-refractivity contribution in [2.45, 2.75) is 25.3 Å². The van der Waals surface area contributed by atoms with Gasteiger partial charge in [-0.2, -0.15) is 5.26 Å². The highest BCUT2D eigenvalue weighted by molar-refractivity contribution is 5.49. The highest BCUT2D eigenvalue weighted by atomic mass is 19.1. The van der Waals surface area contributed by atoms with Crippen molar-refractivity contribution in [3.05, 3.63) is 29.6 Å². The molecule has 1 atom stereocenters. The Morgan fingerprint density at radius 3 is 3.06 bits per heavy atom. The Bertz CT molecular complexity index is 417. The molecule has 1 heterocycles. The fourth-order valence-corrected chi connectivity index (χ4v) is 2.06. The maximum absolute atomic E-state index is 13.7. The standard InChI is InChI=1S/C13H16FN3/c14-12-7-10(8-15)4-5-13(12)17-11-3-1-2-6-16-9-11/h4-5,7,11,16-17H,1-3,6,9H2. The summed E-state index contributed by atoms with van der Waals surface area (Å²) in [5, 5.41) is 15.2. The molecule has 0 aliphatic carbocycles. The maximum atomic E-state index is 13.7. The Morgan fingerprint density at radius 1 is 1.41 bits per heavy atom. The molecule has 0 radical (unpaired) electrons. The van der Waals surface area contributed by atoms with Gasteiger partial charge in [0.1, 0.15) is 5.82 Å². The normalized spacial score (nSPS) is 20.4. The van der Waals surface area contributed by atoms with E-state index in [1.165, 1.54) is 12.5 Å². The number of nitrogens with one attached hydrogen (secondary N) is 2.